The van der Waals surface area contributed by atoms with E-state index in [9.17, 15) is 0 Å². The van der Waals surface area contributed by atoms with E-state index in [1.807, 2.05) is 0 Å². The van der Waals surface area contributed by atoms with E-state index < -0.39 is 0 Å². The van der Waals surface area contributed by atoms with Crippen molar-refractivity contribution in [2.45, 2.75) is 38.6 Å². The highest BCUT2D eigenvalue weighted by Gasteiger charge is 2.40. The summed E-state index contributed by atoms with van der Waals surface area (Å²) in [4.78, 5) is 0. The van der Waals surface area contributed by atoms with Crippen LogP contribution in [0.4, 0.5) is 0 Å². The zero-order valence-electron chi connectivity index (χ0n) is 11.2. The summed E-state index contributed by atoms with van der Waals surface area (Å²) in [6, 6.07) is 15.4. The Morgan fingerprint density at radius 1 is 1.00 bits per heavy atom. The van der Waals surface area contributed by atoms with Gasteiger partial charge in [0.05, 0.1) is 11.0 Å². The first kappa shape index (κ1) is 11.5. The maximum absolute atomic E-state index is 2.41. The molecule has 0 saturated carbocycles. The van der Waals surface area contributed by atoms with Gasteiger partial charge in [-0.3, -0.25) is 0 Å². The average molecular weight is 238 g/mol. The molecule has 18 heavy (non-hydrogen) atoms. The largest absolute Gasteiger partial charge is 0.212 e. The van der Waals surface area contributed by atoms with Crippen LogP contribution in [0.15, 0.2) is 48.7 Å². The predicted octanol–water partition coefficient (Wildman–Crippen LogP) is 3.71. The van der Waals surface area contributed by atoms with E-state index in [1.165, 1.54) is 29.7 Å². The van der Waals surface area contributed by atoms with E-state index in [4.69, 9.17) is 0 Å². The van der Waals surface area contributed by atoms with Crippen molar-refractivity contribution in [3.8, 4) is 11.3 Å². The van der Waals surface area contributed by atoms with Gasteiger partial charge in [-0.1, -0.05) is 32.0 Å². The zero-order chi connectivity index (χ0) is 12.6. The van der Waals surface area contributed by atoms with Gasteiger partial charge in [0.15, 0.2) is 12.7 Å². The normalized spacial score (nSPS) is 15.9. The fourth-order valence-corrected chi connectivity index (χ4v) is 3.29. The molecule has 1 aromatic carbocycles. The van der Waals surface area contributed by atoms with Crippen LogP contribution in [-0.4, -0.2) is 0 Å². The number of fused-ring (bicyclic) bond motifs is 3. The van der Waals surface area contributed by atoms with Crippen molar-refractivity contribution < 1.29 is 4.57 Å². The topological polar surface area (TPSA) is 3.88 Å². The fraction of sp³-hybridized carbons (Fsp3) is 0.353. The number of nitrogens with zero attached hydrogens (tertiary/aromatic N) is 1. The Balaban J connectivity index is 2.29. The van der Waals surface area contributed by atoms with E-state index in [-0.39, 0.29) is 0 Å². The minimum Gasteiger partial charge on any atom is -0.197 e. The molecule has 0 aliphatic carbocycles. The quantitative estimate of drug-likeness (QED) is 0.702. The van der Waals surface area contributed by atoms with Gasteiger partial charge in [0.1, 0.15) is 0 Å². The molecule has 0 spiro atoms. The van der Waals surface area contributed by atoms with E-state index in [0.717, 1.165) is 6.54 Å². The van der Waals surface area contributed by atoms with Crippen LogP contribution in [0.5, 0.6) is 0 Å². The van der Waals surface area contributed by atoms with Gasteiger partial charge in [0.25, 0.3) is 0 Å². The first-order chi connectivity index (χ1) is 8.80. The molecular formula is C17H20N+. The maximum Gasteiger partial charge on any atom is 0.212 e. The number of pyridine rings is 1. The third-order valence-electron chi connectivity index (χ3n) is 4.54. The van der Waals surface area contributed by atoms with Crippen molar-refractivity contribution in [1.82, 2.24) is 0 Å². The van der Waals surface area contributed by atoms with Gasteiger partial charge in [-0.25, -0.2) is 0 Å². The van der Waals surface area contributed by atoms with Crippen LogP contribution in [0.3, 0.4) is 0 Å². The molecule has 0 fully saturated rings. The second-order valence-electron chi connectivity index (χ2n) is 5.25. The van der Waals surface area contributed by atoms with Gasteiger partial charge < -0.3 is 0 Å². The second kappa shape index (κ2) is 4.24. The molecule has 92 valence electrons. The SMILES string of the molecule is CCC1(CC)C[n+]2ccccc2-c2ccccc21. The van der Waals surface area contributed by atoms with Crippen molar-refractivity contribution in [3.05, 3.63) is 54.2 Å². The van der Waals surface area contributed by atoms with E-state index >= 15 is 0 Å². The van der Waals surface area contributed by atoms with Crippen LogP contribution in [0, 0.1) is 0 Å². The van der Waals surface area contributed by atoms with E-state index in [2.05, 4.69) is 67.1 Å². The standard InChI is InChI=1S/C17H20N/c1-3-17(4-2)13-18-12-8-7-11-16(18)14-9-5-6-10-15(14)17/h5-12H,3-4,13H2,1-2H3/q+1. The Bertz CT molecular complexity index is 567. The third-order valence-corrected chi connectivity index (χ3v) is 4.54. The first-order valence-electron chi connectivity index (χ1n) is 6.89. The maximum atomic E-state index is 2.41. The van der Waals surface area contributed by atoms with Gasteiger partial charge in [0.2, 0.25) is 5.69 Å². The summed E-state index contributed by atoms with van der Waals surface area (Å²) in [6.45, 7) is 5.73. The average Bonchev–Trinajstić information content (AvgIpc) is 2.46. The van der Waals surface area contributed by atoms with E-state index in [1.54, 1.807) is 0 Å². The smallest absolute Gasteiger partial charge is 0.197 e. The highest BCUT2D eigenvalue weighted by atomic mass is 15.0. The molecule has 0 N–H and O–H groups in total. The van der Waals surface area contributed by atoms with Gasteiger partial charge >= 0.3 is 0 Å². The summed E-state index contributed by atoms with van der Waals surface area (Å²) < 4.78 is 2.41. The Morgan fingerprint density at radius 2 is 1.72 bits per heavy atom. The first-order valence-corrected chi connectivity index (χ1v) is 6.89. The molecule has 1 aliphatic heterocycles. The van der Waals surface area contributed by atoms with Crippen LogP contribution in [-0.2, 0) is 12.0 Å². The lowest BCUT2D eigenvalue weighted by molar-refractivity contribution is -0.697. The van der Waals surface area contributed by atoms with Crippen LogP contribution in [0.2, 0.25) is 0 Å². The molecule has 0 amide bonds. The number of aromatic nitrogens is 1. The monoisotopic (exact) mass is 238 g/mol. The lowest BCUT2D eigenvalue weighted by atomic mass is 9.71. The molecule has 1 heteroatoms. The van der Waals surface area contributed by atoms with Crippen molar-refractivity contribution in [2.75, 3.05) is 0 Å². The molecule has 0 atom stereocenters. The zero-order valence-corrected chi connectivity index (χ0v) is 11.2. The molecule has 2 aromatic rings. The van der Waals surface area contributed by atoms with Crippen molar-refractivity contribution in [3.63, 3.8) is 0 Å². The molecule has 1 aromatic heterocycles. The summed E-state index contributed by atoms with van der Waals surface area (Å²) >= 11 is 0. The molecule has 0 unspecified atom stereocenters. The van der Waals surface area contributed by atoms with Gasteiger partial charge in [0, 0.05) is 12.1 Å². The minimum absolute atomic E-state index is 0.301. The minimum atomic E-state index is 0.301. The number of rotatable bonds is 2. The fourth-order valence-electron chi connectivity index (χ4n) is 3.29. The Hall–Kier alpha value is -1.63. The Kier molecular flexibility index (Phi) is 2.70. The molecule has 1 aliphatic rings. The number of hydrogen-bond donors (Lipinski definition) is 0. The Labute approximate surface area is 109 Å². The lowest BCUT2D eigenvalue weighted by Crippen LogP contribution is -2.50. The van der Waals surface area contributed by atoms with Crippen molar-refractivity contribution in [2.24, 2.45) is 0 Å². The van der Waals surface area contributed by atoms with Crippen LogP contribution in [0.25, 0.3) is 11.3 Å². The summed E-state index contributed by atoms with van der Waals surface area (Å²) in [7, 11) is 0. The number of benzene rings is 1. The molecule has 3 rings (SSSR count). The van der Waals surface area contributed by atoms with Crippen LogP contribution < -0.4 is 4.57 Å². The molecular weight excluding hydrogens is 218 g/mol. The third kappa shape index (κ3) is 1.50. The van der Waals surface area contributed by atoms with E-state index in [0.29, 0.717) is 5.41 Å². The van der Waals surface area contributed by atoms with Gasteiger partial charge in [-0.05, 0) is 30.5 Å². The second-order valence-corrected chi connectivity index (χ2v) is 5.25. The molecule has 1 nitrogen and oxygen atoms in total. The van der Waals surface area contributed by atoms with Gasteiger partial charge in [-0.15, -0.1) is 0 Å². The summed E-state index contributed by atoms with van der Waals surface area (Å²) in [5.41, 5.74) is 4.59. The highest BCUT2D eigenvalue weighted by molar-refractivity contribution is 5.64. The Morgan fingerprint density at radius 3 is 2.50 bits per heavy atom. The van der Waals surface area contributed by atoms with Crippen LogP contribution in [0.1, 0.15) is 32.3 Å². The number of hydrogen-bond acceptors (Lipinski definition) is 0. The highest BCUT2D eigenvalue weighted by Crippen LogP contribution is 2.40. The predicted molar refractivity (Wildman–Crippen MR) is 74.3 cm³/mol. The van der Waals surface area contributed by atoms with Crippen LogP contribution >= 0.6 is 0 Å². The molecule has 2 heterocycles. The van der Waals surface area contributed by atoms with Crippen molar-refractivity contribution >= 4 is 0 Å². The molecule has 0 radical (unpaired) electrons. The molecule has 0 saturated heterocycles. The lowest BCUT2D eigenvalue weighted by Gasteiger charge is -2.34. The summed E-state index contributed by atoms with van der Waals surface area (Å²) in [6.07, 6.45) is 4.61. The summed E-state index contributed by atoms with van der Waals surface area (Å²) in [5.74, 6) is 0. The summed E-state index contributed by atoms with van der Waals surface area (Å²) in [5, 5.41) is 0. The van der Waals surface area contributed by atoms with Gasteiger partial charge in [-0.2, -0.15) is 4.57 Å². The van der Waals surface area contributed by atoms with Crippen molar-refractivity contribution in [1.29, 1.82) is 0 Å². The molecule has 0 bridgehead atoms.